The highest BCUT2D eigenvalue weighted by Gasteiger charge is 2.23. The van der Waals surface area contributed by atoms with E-state index in [1.165, 1.54) is 49.1 Å². The SMILES string of the molecule is CSc1ccc(S(=O)(=O)N(C)CC(=O)Nc2cc(Cl)cc(Cl)c2)cc1. The van der Waals surface area contributed by atoms with Gasteiger partial charge in [0, 0.05) is 27.7 Å². The molecule has 0 heterocycles. The van der Waals surface area contributed by atoms with Crippen LogP contribution in [0.2, 0.25) is 10.0 Å². The van der Waals surface area contributed by atoms with Gasteiger partial charge in [-0.25, -0.2) is 8.42 Å². The summed E-state index contributed by atoms with van der Waals surface area (Å²) in [5.74, 6) is -0.495. The minimum Gasteiger partial charge on any atom is -0.325 e. The van der Waals surface area contributed by atoms with E-state index in [9.17, 15) is 13.2 Å². The molecule has 0 spiro atoms. The molecule has 0 fully saturated rings. The molecule has 0 unspecified atom stereocenters. The first kappa shape index (κ1) is 20.1. The number of carbonyl (C=O) groups is 1. The van der Waals surface area contributed by atoms with E-state index in [1.54, 1.807) is 12.1 Å². The largest absolute Gasteiger partial charge is 0.325 e. The molecule has 2 aromatic carbocycles. The molecule has 0 saturated heterocycles. The van der Waals surface area contributed by atoms with Crippen molar-refractivity contribution in [1.29, 1.82) is 0 Å². The lowest BCUT2D eigenvalue weighted by atomic mass is 10.3. The van der Waals surface area contributed by atoms with Crippen molar-refractivity contribution in [3.63, 3.8) is 0 Å². The molecule has 0 saturated carbocycles. The number of thioether (sulfide) groups is 1. The number of nitrogens with one attached hydrogen (secondary N) is 1. The predicted octanol–water partition coefficient (Wildman–Crippen LogP) is 3.97. The topological polar surface area (TPSA) is 66.5 Å². The van der Waals surface area contributed by atoms with Crippen molar-refractivity contribution >= 4 is 56.6 Å². The molecule has 0 aliphatic rings. The Morgan fingerprint density at radius 1 is 1.12 bits per heavy atom. The minimum atomic E-state index is -3.76. The third-order valence-corrected chi connectivity index (χ3v) is 6.28. The maximum atomic E-state index is 12.5. The first-order valence-corrected chi connectivity index (χ1v) is 10.5. The molecule has 5 nitrogen and oxygen atoms in total. The van der Waals surface area contributed by atoms with Gasteiger partial charge in [-0.05, 0) is 48.7 Å². The Hall–Kier alpha value is -1.25. The Morgan fingerprint density at radius 2 is 1.68 bits per heavy atom. The van der Waals surface area contributed by atoms with Gasteiger partial charge in [-0.1, -0.05) is 23.2 Å². The number of nitrogens with zero attached hydrogens (tertiary/aromatic N) is 1. The molecule has 0 atom stereocenters. The van der Waals surface area contributed by atoms with Gasteiger partial charge >= 0.3 is 0 Å². The minimum absolute atomic E-state index is 0.131. The van der Waals surface area contributed by atoms with E-state index in [-0.39, 0.29) is 11.4 Å². The molecule has 1 N–H and O–H groups in total. The van der Waals surface area contributed by atoms with Gasteiger partial charge in [-0.3, -0.25) is 4.79 Å². The number of rotatable bonds is 6. The van der Waals surface area contributed by atoms with Gasteiger partial charge in [0.05, 0.1) is 11.4 Å². The molecule has 1 amide bonds. The van der Waals surface area contributed by atoms with Crippen molar-refractivity contribution < 1.29 is 13.2 Å². The summed E-state index contributed by atoms with van der Waals surface area (Å²) in [6.07, 6.45) is 1.90. The predicted molar refractivity (Wildman–Crippen MR) is 103 cm³/mol. The fraction of sp³-hybridized carbons (Fsp3) is 0.188. The maximum Gasteiger partial charge on any atom is 0.243 e. The standard InChI is InChI=1S/C16H16Cl2N2O3S2/c1-20(25(22,23)15-5-3-14(24-2)4-6-15)10-16(21)19-13-8-11(17)7-12(18)9-13/h3-9H,10H2,1-2H3,(H,19,21). The number of likely N-dealkylation sites (N-methyl/N-ethyl adjacent to an activating group) is 1. The number of hydrogen-bond acceptors (Lipinski definition) is 4. The molecular formula is C16H16Cl2N2O3S2. The summed E-state index contributed by atoms with van der Waals surface area (Å²) in [7, 11) is -2.41. The van der Waals surface area contributed by atoms with E-state index in [2.05, 4.69) is 5.32 Å². The summed E-state index contributed by atoms with van der Waals surface area (Å²) in [4.78, 5) is 13.2. The zero-order valence-corrected chi connectivity index (χ0v) is 16.6. The van der Waals surface area contributed by atoms with Crippen LogP contribution in [0.3, 0.4) is 0 Å². The summed E-state index contributed by atoms with van der Waals surface area (Å²) in [6, 6.07) is 11.1. The maximum absolute atomic E-state index is 12.5. The van der Waals surface area contributed by atoms with Crippen LogP contribution in [0.25, 0.3) is 0 Å². The molecular weight excluding hydrogens is 403 g/mol. The molecule has 0 aromatic heterocycles. The van der Waals surface area contributed by atoms with E-state index >= 15 is 0 Å². The molecule has 0 aliphatic carbocycles. The second-order valence-electron chi connectivity index (χ2n) is 5.14. The van der Waals surface area contributed by atoms with E-state index in [0.717, 1.165) is 9.20 Å². The summed E-state index contributed by atoms with van der Waals surface area (Å²) >= 11 is 13.3. The highest BCUT2D eigenvalue weighted by molar-refractivity contribution is 7.98. The molecule has 0 bridgehead atoms. The van der Waals surface area contributed by atoms with Crippen molar-refractivity contribution in [2.75, 3.05) is 25.2 Å². The van der Waals surface area contributed by atoms with Crippen molar-refractivity contribution in [2.45, 2.75) is 9.79 Å². The van der Waals surface area contributed by atoms with Crippen LogP contribution in [0.5, 0.6) is 0 Å². The van der Waals surface area contributed by atoms with Crippen LogP contribution >= 0.6 is 35.0 Å². The molecule has 2 rings (SSSR count). The number of hydrogen-bond donors (Lipinski definition) is 1. The van der Waals surface area contributed by atoms with Crippen LogP contribution in [0, 0.1) is 0 Å². The zero-order valence-electron chi connectivity index (χ0n) is 13.5. The lowest BCUT2D eigenvalue weighted by Crippen LogP contribution is -2.34. The molecule has 0 radical (unpaired) electrons. The third-order valence-electron chi connectivity index (χ3n) is 3.28. The van der Waals surface area contributed by atoms with Crippen molar-refractivity contribution in [2.24, 2.45) is 0 Å². The van der Waals surface area contributed by atoms with Crippen LogP contribution in [0.4, 0.5) is 5.69 Å². The average Bonchev–Trinajstić information content (AvgIpc) is 2.53. The monoisotopic (exact) mass is 418 g/mol. The van der Waals surface area contributed by atoms with E-state index in [1.807, 2.05) is 6.26 Å². The normalized spacial score (nSPS) is 11.6. The van der Waals surface area contributed by atoms with Gasteiger partial charge in [0.2, 0.25) is 15.9 Å². The summed E-state index contributed by atoms with van der Waals surface area (Å²) in [6.45, 7) is -0.337. The summed E-state index contributed by atoms with van der Waals surface area (Å²) in [5, 5.41) is 3.32. The summed E-state index contributed by atoms with van der Waals surface area (Å²) in [5.41, 5.74) is 0.401. The van der Waals surface area contributed by atoms with Gasteiger partial charge in [0.25, 0.3) is 0 Å². The molecule has 25 heavy (non-hydrogen) atoms. The van der Waals surface area contributed by atoms with Crippen LogP contribution < -0.4 is 5.32 Å². The van der Waals surface area contributed by atoms with Crippen LogP contribution in [-0.4, -0.2) is 38.5 Å². The highest BCUT2D eigenvalue weighted by Crippen LogP contribution is 2.23. The van der Waals surface area contributed by atoms with Crippen LogP contribution in [0.1, 0.15) is 0 Å². The van der Waals surface area contributed by atoms with Crippen molar-refractivity contribution in [3.8, 4) is 0 Å². The second kappa shape index (κ2) is 8.42. The number of amides is 1. The lowest BCUT2D eigenvalue weighted by Gasteiger charge is -2.17. The number of sulfonamides is 1. The van der Waals surface area contributed by atoms with E-state index in [0.29, 0.717) is 15.7 Å². The van der Waals surface area contributed by atoms with Crippen molar-refractivity contribution in [1.82, 2.24) is 4.31 Å². The average molecular weight is 419 g/mol. The quantitative estimate of drug-likeness (QED) is 0.720. The smallest absolute Gasteiger partial charge is 0.243 e. The van der Waals surface area contributed by atoms with E-state index in [4.69, 9.17) is 23.2 Å². The first-order chi connectivity index (χ1) is 11.7. The highest BCUT2D eigenvalue weighted by atomic mass is 35.5. The zero-order chi connectivity index (χ0) is 18.6. The van der Waals surface area contributed by atoms with Gasteiger partial charge < -0.3 is 5.32 Å². The van der Waals surface area contributed by atoms with Gasteiger partial charge in [-0.2, -0.15) is 4.31 Å². The van der Waals surface area contributed by atoms with Crippen molar-refractivity contribution in [3.05, 3.63) is 52.5 Å². The van der Waals surface area contributed by atoms with E-state index < -0.39 is 15.9 Å². The molecule has 0 aliphatic heterocycles. The number of halogens is 2. The fourth-order valence-corrected chi connectivity index (χ4v) is 4.10. The van der Waals surface area contributed by atoms with Crippen LogP contribution in [-0.2, 0) is 14.8 Å². The van der Waals surface area contributed by atoms with Crippen LogP contribution in [0.15, 0.2) is 52.3 Å². The first-order valence-electron chi connectivity index (χ1n) is 7.08. The molecule has 2 aromatic rings. The third kappa shape index (κ3) is 5.36. The second-order valence-corrected chi connectivity index (χ2v) is 8.94. The van der Waals surface area contributed by atoms with Gasteiger partial charge in [0.1, 0.15) is 0 Å². The fourth-order valence-electron chi connectivity index (χ4n) is 2.04. The Kier molecular flexibility index (Phi) is 6.76. The Bertz CT molecular complexity index is 851. The van der Waals surface area contributed by atoms with Gasteiger partial charge in [0.15, 0.2) is 0 Å². The number of benzene rings is 2. The lowest BCUT2D eigenvalue weighted by molar-refractivity contribution is -0.116. The van der Waals surface area contributed by atoms with Gasteiger partial charge in [-0.15, -0.1) is 11.8 Å². The Morgan fingerprint density at radius 3 is 2.20 bits per heavy atom. The molecule has 9 heteroatoms. The Labute approximate surface area is 161 Å². The summed E-state index contributed by atoms with van der Waals surface area (Å²) < 4.78 is 26.0. The molecule has 134 valence electrons. The Balaban J connectivity index is 2.08. The number of carbonyl (C=O) groups excluding carboxylic acids is 1. The number of anilines is 1.